The largest absolute Gasteiger partial charge is 0.387 e. The molecule has 1 aromatic rings. The van der Waals surface area contributed by atoms with Gasteiger partial charge >= 0.3 is 0 Å². The van der Waals surface area contributed by atoms with Gasteiger partial charge in [0.25, 0.3) is 0 Å². The summed E-state index contributed by atoms with van der Waals surface area (Å²) in [6.45, 7) is 0. The van der Waals surface area contributed by atoms with Crippen LogP contribution in [0.25, 0.3) is 0 Å². The van der Waals surface area contributed by atoms with Crippen LogP contribution in [0.4, 0.5) is 4.39 Å². The summed E-state index contributed by atoms with van der Waals surface area (Å²) in [5, 5.41) is 20.0. The van der Waals surface area contributed by atoms with Crippen LogP contribution in [-0.2, 0) is 0 Å². The quantitative estimate of drug-likeness (QED) is 0.881. The van der Waals surface area contributed by atoms with Gasteiger partial charge in [-0.1, -0.05) is 36.9 Å². The van der Waals surface area contributed by atoms with Gasteiger partial charge in [0.1, 0.15) is 5.82 Å². The zero-order valence-electron chi connectivity index (χ0n) is 10.00. The van der Waals surface area contributed by atoms with Gasteiger partial charge < -0.3 is 5.11 Å². The summed E-state index contributed by atoms with van der Waals surface area (Å²) >= 11 is 5.95. The smallest absolute Gasteiger partial charge is 0.124 e. The lowest BCUT2D eigenvalue weighted by Crippen LogP contribution is -2.30. The van der Waals surface area contributed by atoms with Gasteiger partial charge in [0.2, 0.25) is 0 Å². The molecule has 0 amide bonds. The summed E-state index contributed by atoms with van der Waals surface area (Å²) in [7, 11) is 0. The van der Waals surface area contributed by atoms with E-state index in [1.165, 1.54) is 18.2 Å². The van der Waals surface area contributed by atoms with Gasteiger partial charge in [-0.25, -0.2) is 4.39 Å². The summed E-state index contributed by atoms with van der Waals surface area (Å²) in [6, 6.07) is 6.16. The lowest BCUT2D eigenvalue weighted by atomic mass is 9.69. The van der Waals surface area contributed by atoms with E-state index in [-0.39, 0.29) is 5.02 Å². The SMILES string of the molecule is N#CC1(C(O)c2ccc(F)cc2Cl)CCCCC1. The molecule has 18 heavy (non-hydrogen) atoms. The number of nitrogens with zero attached hydrogens (tertiary/aromatic N) is 1. The normalized spacial score (nSPS) is 20.1. The number of rotatable bonds is 2. The second-order valence-electron chi connectivity index (χ2n) is 4.90. The molecule has 0 radical (unpaired) electrons. The summed E-state index contributed by atoms with van der Waals surface area (Å²) in [5.41, 5.74) is -0.332. The first kappa shape index (κ1) is 13.3. The summed E-state index contributed by atoms with van der Waals surface area (Å²) < 4.78 is 13.0. The molecule has 1 unspecified atom stereocenters. The molecule has 1 saturated carbocycles. The number of aliphatic hydroxyl groups is 1. The Morgan fingerprint density at radius 2 is 2.00 bits per heavy atom. The monoisotopic (exact) mass is 267 g/mol. The van der Waals surface area contributed by atoms with Crippen molar-refractivity contribution in [2.24, 2.45) is 5.41 Å². The van der Waals surface area contributed by atoms with Crippen LogP contribution in [0.1, 0.15) is 43.8 Å². The van der Waals surface area contributed by atoms with E-state index in [0.717, 1.165) is 19.3 Å². The molecule has 0 spiro atoms. The standard InChI is InChI=1S/C14H15ClFNO/c15-12-8-10(16)4-5-11(12)13(18)14(9-17)6-2-1-3-7-14/h4-5,8,13,18H,1-3,6-7H2. The highest BCUT2D eigenvalue weighted by Crippen LogP contribution is 2.46. The van der Waals surface area contributed by atoms with Crippen molar-refractivity contribution in [2.75, 3.05) is 0 Å². The van der Waals surface area contributed by atoms with Crippen LogP contribution in [0, 0.1) is 22.6 Å². The molecule has 0 aliphatic heterocycles. The summed E-state index contributed by atoms with van der Waals surface area (Å²) in [4.78, 5) is 0. The number of hydrogen-bond donors (Lipinski definition) is 1. The molecule has 1 aromatic carbocycles. The number of aliphatic hydroxyl groups excluding tert-OH is 1. The van der Waals surface area contributed by atoms with E-state index in [0.29, 0.717) is 18.4 Å². The molecule has 0 bridgehead atoms. The topological polar surface area (TPSA) is 44.0 Å². The Bertz CT molecular complexity index is 477. The van der Waals surface area contributed by atoms with Crippen molar-refractivity contribution < 1.29 is 9.50 Å². The molecular formula is C14H15ClFNO. The molecule has 1 fully saturated rings. The fourth-order valence-electron chi connectivity index (χ4n) is 2.65. The first-order chi connectivity index (χ1) is 8.59. The third kappa shape index (κ3) is 2.36. The highest BCUT2D eigenvalue weighted by molar-refractivity contribution is 6.31. The average molecular weight is 268 g/mol. The van der Waals surface area contributed by atoms with E-state index >= 15 is 0 Å². The van der Waals surface area contributed by atoms with Crippen LogP contribution in [0.3, 0.4) is 0 Å². The third-order valence-electron chi connectivity index (χ3n) is 3.75. The van der Waals surface area contributed by atoms with E-state index in [4.69, 9.17) is 11.6 Å². The third-order valence-corrected chi connectivity index (χ3v) is 4.08. The zero-order chi connectivity index (χ0) is 13.2. The van der Waals surface area contributed by atoms with Crippen LogP contribution in [0.15, 0.2) is 18.2 Å². The van der Waals surface area contributed by atoms with Gasteiger partial charge in [0.05, 0.1) is 17.6 Å². The number of halogens is 2. The summed E-state index contributed by atoms with van der Waals surface area (Å²) in [6.07, 6.45) is 3.34. The maximum absolute atomic E-state index is 13.0. The molecule has 2 nitrogen and oxygen atoms in total. The number of nitriles is 1. The molecule has 0 aromatic heterocycles. The average Bonchev–Trinajstić information content (AvgIpc) is 2.39. The molecule has 1 aliphatic carbocycles. The Kier molecular flexibility index (Phi) is 3.89. The Balaban J connectivity index is 2.34. The lowest BCUT2D eigenvalue weighted by Gasteiger charge is -2.35. The fraction of sp³-hybridized carbons (Fsp3) is 0.500. The highest BCUT2D eigenvalue weighted by atomic mass is 35.5. The van der Waals surface area contributed by atoms with Gasteiger partial charge in [0.15, 0.2) is 0 Å². The van der Waals surface area contributed by atoms with Crippen molar-refractivity contribution in [1.29, 1.82) is 5.26 Å². The first-order valence-electron chi connectivity index (χ1n) is 6.13. The highest BCUT2D eigenvalue weighted by Gasteiger charge is 2.40. The van der Waals surface area contributed by atoms with Gasteiger partial charge in [-0.2, -0.15) is 5.26 Å². The molecule has 0 heterocycles. The van der Waals surface area contributed by atoms with Crippen molar-refractivity contribution in [1.82, 2.24) is 0 Å². The van der Waals surface area contributed by atoms with E-state index in [2.05, 4.69) is 6.07 Å². The minimum atomic E-state index is -0.948. The number of hydrogen-bond acceptors (Lipinski definition) is 2. The van der Waals surface area contributed by atoms with E-state index in [1.807, 2.05) is 0 Å². The van der Waals surface area contributed by atoms with E-state index in [9.17, 15) is 14.8 Å². The van der Waals surface area contributed by atoms with Crippen molar-refractivity contribution >= 4 is 11.6 Å². The minimum Gasteiger partial charge on any atom is -0.387 e. The Morgan fingerprint density at radius 1 is 1.33 bits per heavy atom. The number of benzene rings is 1. The first-order valence-corrected chi connectivity index (χ1v) is 6.51. The second kappa shape index (κ2) is 5.26. The molecule has 96 valence electrons. The van der Waals surface area contributed by atoms with Gasteiger partial charge in [-0.3, -0.25) is 0 Å². The van der Waals surface area contributed by atoms with Crippen molar-refractivity contribution in [3.8, 4) is 6.07 Å². The van der Waals surface area contributed by atoms with Gasteiger partial charge in [0, 0.05) is 10.6 Å². The Hall–Kier alpha value is -1.11. The maximum Gasteiger partial charge on any atom is 0.124 e. The van der Waals surface area contributed by atoms with Crippen LogP contribution >= 0.6 is 11.6 Å². The van der Waals surface area contributed by atoms with E-state index in [1.54, 1.807) is 0 Å². The predicted octanol–water partition coefficient (Wildman–Crippen LogP) is 3.99. The van der Waals surface area contributed by atoms with Crippen LogP contribution in [0.5, 0.6) is 0 Å². The van der Waals surface area contributed by atoms with Crippen LogP contribution in [-0.4, -0.2) is 5.11 Å². The second-order valence-corrected chi connectivity index (χ2v) is 5.30. The Morgan fingerprint density at radius 3 is 2.56 bits per heavy atom. The predicted molar refractivity (Wildman–Crippen MR) is 67.5 cm³/mol. The zero-order valence-corrected chi connectivity index (χ0v) is 10.8. The maximum atomic E-state index is 13.0. The minimum absolute atomic E-state index is 0.183. The molecule has 1 N–H and O–H groups in total. The molecule has 4 heteroatoms. The molecule has 1 atom stereocenters. The van der Waals surface area contributed by atoms with Gasteiger partial charge in [-0.05, 0) is 25.0 Å². The molecule has 2 rings (SSSR count). The lowest BCUT2D eigenvalue weighted by molar-refractivity contribution is 0.0360. The molecule has 1 aliphatic rings. The van der Waals surface area contributed by atoms with Crippen LogP contribution in [0.2, 0.25) is 5.02 Å². The summed E-state index contributed by atoms with van der Waals surface area (Å²) in [5.74, 6) is -0.439. The fourth-order valence-corrected chi connectivity index (χ4v) is 2.92. The Labute approximate surface area is 111 Å². The van der Waals surface area contributed by atoms with E-state index < -0.39 is 17.3 Å². The van der Waals surface area contributed by atoms with Crippen molar-refractivity contribution in [3.63, 3.8) is 0 Å². The molecular weight excluding hydrogens is 253 g/mol. The van der Waals surface area contributed by atoms with Crippen molar-refractivity contribution in [3.05, 3.63) is 34.6 Å². The van der Waals surface area contributed by atoms with Crippen LogP contribution < -0.4 is 0 Å². The van der Waals surface area contributed by atoms with Crippen molar-refractivity contribution in [2.45, 2.75) is 38.2 Å². The molecule has 0 saturated heterocycles. The van der Waals surface area contributed by atoms with Gasteiger partial charge in [-0.15, -0.1) is 0 Å².